The first-order valence-electron chi connectivity index (χ1n) is 5.13. The lowest BCUT2D eigenvalue weighted by Gasteiger charge is -2.15. The van der Waals surface area contributed by atoms with Gasteiger partial charge in [-0.3, -0.25) is 5.10 Å². The summed E-state index contributed by atoms with van der Waals surface area (Å²) < 4.78 is 31.1. The molecule has 0 amide bonds. The molecule has 1 atom stereocenters. The number of nitrogens with one attached hydrogen (secondary N) is 2. The molecular weight excluding hydrogens is 246 g/mol. The Morgan fingerprint density at radius 2 is 2.35 bits per heavy atom. The molecule has 8 heteroatoms. The summed E-state index contributed by atoms with van der Waals surface area (Å²) in [5, 5.41) is 15.3. The molecule has 0 bridgehead atoms. The summed E-state index contributed by atoms with van der Waals surface area (Å²) in [5.74, 6) is 0. The van der Waals surface area contributed by atoms with E-state index in [2.05, 4.69) is 14.9 Å². The lowest BCUT2D eigenvalue weighted by Crippen LogP contribution is -2.38. The molecule has 1 aromatic rings. The number of ether oxygens (including phenoxy) is 1. The third-order valence-electron chi connectivity index (χ3n) is 2.29. The van der Waals surface area contributed by atoms with Crippen LogP contribution in [-0.4, -0.2) is 50.1 Å². The summed E-state index contributed by atoms with van der Waals surface area (Å²) in [6.45, 7) is 1.71. The predicted molar refractivity (Wildman–Crippen MR) is 61.0 cm³/mol. The van der Waals surface area contributed by atoms with Gasteiger partial charge in [0.05, 0.1) is 18.5 Å². The Bertz CT molecular complexity index is 443. The number of methoxy groups -OCH3 is 1. The van der Waals surface area contributed by atoms with Gasteiger partial charge in [-0.1, -0.05) is 0 Å². The highest BCUT2D eigenvalue weighted by Gasteiger charge is 2.22. The number of hydrogen-bond acceptors (Lipinski definition) is 5. The fraction of sp³-hybridized carbons (Fsp3) is 0.667. The predicted octanol–water partition coefficient (Wildman–Crippen LogP) is -0.606. The summed E-state index contributed by atoms with van der Waals surface area (Å²) in [7, 11) is -2.13. The monoisotopic (exact) mass is 263 g/mol. The molecule has 0 spiro atoms. The van der Waals surface area contributed by atoms with E-state index < -0.39 is 16.1 Å². The number of aliphatic hydroxyl groups is 1. The topological polar surface area (TPSA) is 104 Å². The molecule has 1 unspecified atom stereocenters. The number of sulfonamides is 1. The van der Waals surface area contributed by atoms with Crippen molar-refractivity contribution in [1.29, 1.82) is 0 Å². The van der Waals surface area contributed by atoms with Gasteiger partial charge in [0, 0.05) is 19.8 Å². The van der Waals surface area contributed by atoms with Crippen LogP contribution in [0.4, 0.5) is 0 Å². The van der Waals surface area contributed by atoms with Crippen LogP contribution >= 0.6 is 0 Å². The smallest absolute Gasteiger partial charge is 0.244 e. The number of aromatic nitrogens is 2. The van der Waals surface area contributed by atoms with Gasteiger partial charge in [0.25, 0.3) is 0 Å². The number of hydrogen-bond donors (Lipinski definition) is 3. The zero-order chi connectivity index (χ0) is 12.9. The standard InChI is InChI=1S/C9H17N3O4S/c1-7-9(5-10-11-7)17(14,15)12-8(6-13)3-4-16-2/h5,8,12-13H,3-4,6H2,1-2H3,(H,10,11). The fourth-order valence-electron chi connectivity index (χ4n) is 1.34. The maximum absolute atomic E-state index is 11.9. The van der Waals surface area contributed by atoms with Gasteiger partial charge in [0.1, 0.15) is 4.90 Å². The van der Waals surface area contributed by atoms with E-state index in [1.165, 1.54) is 13.3 Å². The van der Waals surface area contributed by atoms with Crippen molar-refractivity contribution in [2.75, 3.05) is 20.3 Å². The lowest BCUT2D eigenvalue weighted by molar-refractivity contribution is 0.166. The highest BCUT2D eigenvalue weighted by atomic mass is 32.2. The van der Waals surface area contributed by atoms with Crippen LogP contribution in [0.3, 0.4) is 0 Å². The normalized spacial score (nSPS) is 13.8. The summed E-state index contributed by atoms with van der Waals surface area (Å²) in [4.78, 5) is 0.0911. The molecule has 1 heterocycles. The van der Waals surface area contributed by atoms with Gasteiger partial charge in [-0.25, -0.2) is 13.1 Å². The fourth-order valence-corrected chi connectivity index (χ4v) is 2.74. The van der Waals surface area contributed by atoms with E-state index in [0.717, 1.165) is 0 Å². The molecule has 0 aliphatic heterocycles. The van der Waals surface area contributed by atoms with E-state index >= 15 is 0 Å². The minimum absolute atomic E-state index is 0.0911. The molecule has 1 rings (SSSR count). The average Bonchev–Trinajstić information content (AvgIpc) is 2.71. The molecule has 0 aliphatic carbocycles. The Morgan fingerprint density at radius 1 is 1.65 bits per heavy atom. The van der Waals surface area contributed by atoms with Crippen LogP contribution in [0.5, 0.6) is 0 Å². The first kappa shape index (κ1) is 14.1. The minimum atomic E-state index is -3.65. The summed E-state index contributed by atoms with van der Waals surface area (Å²) in [6.07, 6.45) is 1.64. The number of aryl methyl sites for hydroxylation is 1. The molecule has 0 aliphatic rings. The Hall–Kier alpha value is -0.960. The number of rotatable bonds is 7. The molecule has 98 valence electrons. The van der Waals surface area contributed by atoms with Crippen LogP contribution in [0.15, 0.2) is 11.1 Å². The van der Waals surface area contributed by atoms with Crippen molar-refractivity contribution < 1.29 is 18.3 Å². The van der Waals surface area contributed by atoms with Crippen molar-refractivity contribution in [3.63, 3.8) is 0 Å². The molecule has 0 aromatic carbocycles. The third-order valence-corrected chi connectivity index (χ3v) is 3.92. The van der Waals surface area contributed by atoms with Gasteiger partial charge >= 0.3 is 0 Å². The molecule has 0 saturated heterocycles. The van der Waals surface area contributed by atoms with Crippen molar-refractivity contribution in [1.82, 2.24) is 14.9 Å². The van der Waals surface area contributed by atoms with Crippen LogP contribution in [0.25, 0.3) is 0 Å². The third kappa shape index (κ3) is 3.77. The minimum Gasteiger partial charge on any atom is -0.395 e. The molecule has 7 nitrogen and oxygen atoms in total. The Balaban J connectivity index is 2.75. The van der Waals surface area contributed by atoms with Crippen molar-refractivity contribution in [2.45, 2.75) is 24.3 Å². The van der Waals surface area contributed by atoms with Crippen molar-refractivity contribution in [2.24, 2.45) is 0 Å². The van der Waals surface area contributed by atoms with E-state index in [4.69, 9.17) is 9.84 Å². The van der Waals surface area contributed by atoms with E-state index in [0.29, 0.717) is 18.7 Å². The van der Waals surface area contributed by atoms with E-state index in [-0.39, 0.29) is 11.5 Å². The van der Waals surface area contributed by atoms with Crippen molar-refractivity contribution >= 4 is 10.0 Å². The van der Waals surface area contributed by atoms with E-state index in [9.17, 15) is 8.42 Å². The second-order valence-electron chi connectivity index (χ2n) is 3.64. The Morgan fingerprint density at radius 3 is 2.82 bits per heavy atom. The maximum Gasteiger partial charge on any atom is 0.244 e. The average molecular weight is 263 g/mol. The Kier molecular flexibility index (Phi) is 5.06. The second-order valence-corrected chi connectivity index (χ2v) is 5.32. The SMILES string of the molecule is COCCC(CO)NS(=O)(=O)c1cn[nH]c1C. The largest absolute Gasteiger partial charge is 0.395 e. The molecule has 0 radical (unpaired) electrons. The van der Waals surface area contributed by atoms with Gasteiger partial charge in [-0.2, -0.15) is 5.10 Å². The van der Waals surface area contributed by atoms with Crippen LogP contribution in [-0.2, 0) is 14.8 Å². The molecule has 17 heavy (non-hydrogen) atoms. The van der Waals surface area contributed by atoms with Gasteiger partial charge in [-0.15, -0.1) is 0 Å². The van der Waals surface area contributed by atoms with Crippen molar-refractivity contribution in [3.05, 3.63) is 11.9 Å². The van der Waals surface area contributed by atoms with E-state index in [1.807, 2.05) is 0 Å². The molecule has 0 saturated carbocycles. The number of aromatic amines is 1. The molecular formula is C9H17N3O4S. The number of H-pyrrole nitrogens is 1. The maximum atomic E-state index is 11.9. The van der Waals surface area contributed by atoms with Gasteiger partial charge in [0.15, 0.2) is 0 Å². The van der Waals surface area contributed by atoms with Gasteiger partial charge < -0.3 is 9.84 Å². The lowest BCUT2D eigenvalue weighted by atomic mass is 10.2. The zero-order valence-corrected chi connectivity index (χ0v) is 10.6. The first-order valence-corrected chi connectivity index (χ1v) is 6.61. The summed E-state index contributed by atoms with van der Waals surface area (Å²) >= 11 is 0. The van der Waals surface area contributed by atoms with Crippen LogP contribution in [0.2, 0.25) is 0 Å². The highest BCUT2D eigenvalue weighted by Crippen LogP contribution is 2.11. The van der Waals surface area contributed by atoms with Gasteiger partial charge in [-0.05, 0) is 13.3 Å². The highest BCUT2D eigenvalue weighted by molar-refractivity contribution is 7.89. The van der Waals surface area contributed by atoms with Crippen molar-refractivity contribution in [3.8, 4) is 0 Å². The van der Waals surface area contributed by atoms with Crippen LogP contribution in [0, 0.1) is 6.92 Å². The summed E-state index contributed by atoms with van der Waals surface area (Å²) in [5.41, 5.74) is 0.459. The van der Waals surface area contributed by atoms with Crippen LogP contribution in [0.1, 0.15) is 12.1 Å². The molecule has 1 aromatic heterocycles. The summed E-state index contributed by atoms with van der Waals surface area (Å²) in [6, 6.07) is -0.561. The zero-order valence-electron chi connectivity index (χ0n) is 9.80. The number of aliphatic hydroxyl groups excluding tert-OH is 1. The van der Waals surface area contributed by atoms with E-state index in [1.54, 1.807) is 6.92 Å². The number of nitrogens with zero attached hydrogens (tertiary/aromatic N) is 1. The Labute approximate surface area is 100 Å². The second kappa shape index (κ2) is 6.10. The quantitative estimate of drug-likeness (QED) is 0.609. The molecule has 3 N–H and O–H groups in total. The van der Waals surface area contributed by atoms with Crippen LogP contribution < -0.4 is 4.72 Å². The molecule has 0 fully saturated rings. The first-order chi connectivity index (χ1) is 8.01. The van der Waals surface area contributed by atoms with Gasteiger partial charge in [0.2, 0.25) is 10.0 Å².